The van der Waals surface area contributed by atoms with Crippen molar-refractivity contribution in [1.29, 1.82) is 0 Å². The van der Waals surface area contributed by atoms with E-state index in [0.29, 0.717) is 4.47 Å². The van der Waals surface area contributed by atoms with Gasteiger partial charge in [-0.3, -0.25) is 14.9 Å². The summed E-state index contributed by atoms with van der Waals surface area (Å²) in [6.45, 7) is 3.68. The lowest BCUT2D eigenvalue weighted by Gasteiger charge is -2.16. The third-order valence-corrected chi connectivity index (χ3v) is 3.12. The van der Waals surface area contributed by atoms with Gasteiger partial charge in [-0.2, -0.15) is 0 Å². The molecule has 2 N–H and O–H groups in total. The summed E-state index contributed by atoms with van der Waals surface area (Å²) in [5.41, 5.74) is -0.212. The number of carbonyl (C=O) groups excluding carboxylic acids is 1. The van der Waals surface area contributed by atoms with Crippen molar-refractivity contribution in [3.05, 3.63) is 38.3 Å². The van der Waals surface area contributed by atoms with Crippen molar-refractivity contribution >= 4 is 33.5 Å². The van der Waals surface area contributed by atoms with Crippen molar-refractivity contribution in [2.45, 2.75) is 26.3 Å². The summed E-state index contributed by atoms with van der Waals surface area (Å²) in [6.07, 6.45) is 0.275. The van der Waals surface area contributed by atoms with Crippen LogP contribution in [0.1, 0.15) is 30.6 Å². The molecule has 8 heteroatoms. The predicted octanol–water partition coefficient (Wildman–Crippen LogP) is 2.59. The normalized spacial score (nSPS) is 12.0. The Labute approximate surface area is 129 Å². The van der Waals surface area contributed by atoms with Crippen LogP contribution < -0.4 is 5.32 Å². The van der Waals surface area contributed by atoms with Crippen molar-refractivity contribution in [3.63, 3.8) is 0 Å². The largest absolute Gasteiger partial charge is 0.480 e. The highest BCUT2D eigenvalue weighted by molar-refractivity contribution is 9.10. The van der Waals surface area contributed by atoms with Gasteiger partial charge in [0.2, 0.25) is 0 Å². The lowest BCUT2D eigenvalue weighted by atomic mass is 10.0. The summed E-state index contributed by atoms with van der Waals surface area (Å²) in [5, 5.41) is 22.2. The highest BCUT2D eigenvalue weighted by Gasteiger charge is 2.23. The van der Waals surface area contributed by atoms with Gasteiger partial charge in [0.05, 0.1) is 4.92 Å². The molecule has 0 fully saturated rings. The number of nitro benzene ring substituents is 1. The Morgan fingerprint density at radius 3 is 2.48 bits per heavy atom. The second-order valence-electron chi connectivity index (χ2n) is 4.95. The molecule has 0 heterocycles. The monoisotopic (exact) mass is 358 g/mol. The number of carboxylic acid groups (broad SMARTS) is 1. The number of rotatable bonds is 6. The van der Waals surface area contributed by atoms with Gasteiger partial charge in [-0.25, -0.2) is 4.79 Å². The maximum Gasteiger partial charge on any atom is 0.326 e. The maximum absolute atomic E-state index is 12.1. The van der Waals surface area contributed by atoms with Crippen molar-refractivity contribution in [2.24, 2.45) is 5.92 Å². The maximum atomic E-state index is 12.1. The number of carboxylic acids is 1. The lowest BCUT2D eigenvalue weighted by molar-refractivity contribution is -0.385. The van der Waals surface area contributed by atoms with Crippen LogP contribution >= 0.6 is 15.9 Å². The number of halogens is 1. The Morgan fingerprint density at radius 2 is 2.00 bits per heavy atom. The highest BCUT2D eigenvalue weighted by atomic mass is 79.9. The highest BCUT2D eigenvalue weighted by Crippen LogP contribution is 2.21. The third-order valence-electron chi connectivity index (χ3n) is 2.67. The molecular weight excluding hydrogens is 344 g/mol. The van der Waals surface area contributed by atoms with Gasteiger partial charge < -0.3 is 10.4 Å². The van der Waals surface area contributed by atoms with E-state index in [1.807, 2.05) is 13.8 Å². The molecule has 7 nitrogen and oxygen atoms in total. The van der Waals surface area contributed by atoms with Gasteiger partial charge in [-0.15, -0.1) is 0 Å². The first-order chi connectivity index (χ1) is 9.70. The molecule has 114 valence electrons. The second kappa shape index (κ2) is 7.16. The molecule has 0 aliphatic heterocycles. The third kappa shape index (κ3) is 5.14. The number of non-ortho nitro benzene ring substituents is 1. The van der Waals surface area contributed by atoms with Crippen LogP contribution in [0.3, 0.4) is 0 Å². The molecule has 1 amide bonds. The Hall–Kier alpha value is -1.96. The lowest BCUT2D eigenvalue weighted by Crippen LogP contribution is -2.41. The van der Waals surface area contributed by atoms with Crippen LogP contribution in [0, 0.1) is 16.0 Å². The fourth-order valence-corrected chi connectivity index (χ4v) is 2.23. The van der Waals surface area contributed by atoms with E-state index in [4.69, 9.17) is 5.11 Å². The van der Waals surface area contributed by atoms with Gasteiger partial charge in [0, 0.05) is 22.2 Å². The number of benzene rings is 1. The smallest absolute Gasteiger partial charge is 0.326 e. The first kappa shape index (κ1) is 17.1. The number of nitro groups is 1. The van der Waals surface area contributed by atoms with E-state index in [2.05, 4.69) is 21.2 Å². The topological polar surface area (TPSA) is 110 Å². The van der Waals surface area contributed by atoms with Crippen molar-refractivity contribution in [1.82, 2.24) is 5.32 Å². The molecule has 0 aliphatic rings. The van der Waals surface area contributed by atoms with Crippen LogP contribution in [0.5, 0.6) is 0 Å². The zero-order chi connectivity index (χ0) is 16.2. The van der Waals surface area contributed by atoms with Crippen molar-refractivity contribution in [2.75, 3.05) is 0 Å². The summed E-state index contributed by atoms with van der Waals surface area (Å²) >= 11 is 3.08. The Bertz CT molecular complexity index is 574. The molecule has 0 saturated heterocycles. The van der Waals surface area contributed by atoms with E-state index in [-0.39, 0.29) is 23.6 Å². The van der Waals surface area contributed by atoms with Crippen molar-refractivity contribution in [3.8, 4) is 0 Å². The van der Waals surface area contributed by atoms with Gasteiger partial charge in [-0.1, -0.05) is 29.8 Å². The number of nitrogens with one attached hydrogen (secondary N) is 1. The second-order valence-corrected chi connectivity index (χ2v) is 5.86. The fraction of sp³-hybridized carbons (Fsp3) is 0.385. The summed E-state index contributed by atoms with van der Waals surface area (Å²) < 4.78 is 0.373. The van der Waals surface area contributed by atoms with Crippen LogP contribution in [-0.2, 0) is 4.79 Å². The molecule has 0 aliphatic carbocycles. The summed E-state index contributed by atoms with van der Waals surface area (Å²) in [5.74, 6) is -1.71. The molecular formula is C13H15BrN2O5. The van der Waals surface area contributed by atoms with E-state index in [1.165, 1.54) is 12.1 Å². The first-order valence-corrected chi connectivity index (χ1v) is 6.98. The van der Waals surface area contributed by atoms with E-state index in [1.54, 1.807) is 0 Å². The molecule has 0 spiro atoms. The van der Waals surface area contributed by atoms with Gasteiger partial charge in [0.25, 0.3) is 11.6 Å². The fourth-order valence-electron chi connectivity index (χ4n) is 1.75. The average Bonchev–Trinajstić information content (AvgIpc) is 2.36. The van der Waals surface area contributed by atoms with Crippen molar-refractivity contribution < 1.29 is 19.6 Å². The van der Waals surface area contributed by atoms with Crippen LogP contribution in [-0.4, -0.2) is 27.9 Å². The molecule has 1 atom stereocenters. The summed E-state index contributed by atoms with van der Waals surface area (Å²) in [7, 11) is 0. The Balaban J connectivity index is 2.97. The standard InChI is InChI=1S/C13H15BrN2O5/c1-7(2)3-11(13(18)19)15-12(17)8-4-9(14)6-10(5-8)16(20)21/h4-7,11H,3H2,1-2H3,(H,15,17)(H,18,19). The number of carbonyl (C=O) groups is 2. The Kier molecular flexibility index (Phi) is 5.83. The minimum Gasteiger partial charge on any atom is -0.480 e. The van der Waals surface area contributed by atoms with Gasteiger partial charge in [0.15, 0.2) is 0 Å². The average molecular weight is 359 g/mol. The van der Waals surface area contributed by atoms with E-state index in [9.17, 15) is 19.7 Å². The predicted molar refractivity (Wildman–Crippen MR) is 79.1 cm³/mol. The van der Waals surface area contributed by atoms with E-state index in [0.717, 1.165) is 6.07 Å². The summed E-state index contributed by atoms with van der Waals surface area (Å²) in [4.78, 5) is 33.3. The zero-order valence-corrected chi connectivity index (χ0v) is 13.1. The molecule has 0 aromatic heterocycles. The molecule has 1 aromatic carbocycles. The molecule has 0 saturated carbocycles. The minimum absolute atomic E-state index is 0.0334. The van der Waals surface area contributed by atoms with Gasteiger partial charge in [-0.05, 0) is 18.4 Å². The van der Waals surface area contributed by atoms with Crippen LogP contribution in [0.15, 0.2) is 22.7 Å². The number of amides is 1. The quantitative estimate of drug-likeness (QED) is 0.599. The van der Waals surface area contributed by atoms with E-state index < -0.39 is 22.8 Å². The van der Waals surface area contributed by atoms with E-state index >= 15 is 0 Å². The first-order valence-electron chi connectivity index (χ1n) is 6.19. The molecule has 1 unspecified atom stereocenters. The van der Waals surface area contributed by atoms with Crippen LogP contribution in [0.4, 0.5) is 5.69 Å². The number of nitrogens with zero attached hydrogens (tertiary/aromatic N) is 1. The molecule has 0 bridgehead atoms. The van der Waals surface area contributed by atoms with Crippen LogP contribution in [0.25, 0.3) is 0 Å². The zero-order valence-electron chi connectivity index (χ0n) is 11.5. The number of aliphatic carboxylic acids is 1. The number of hydrogen-bond donors (Lipinski definition) is 2. The van der Waals surface area contributed by atoms with Gasteiger partial charge >= 0.3 is 5.97 Å². The molecule has 1 aromatic rings. The minimum atomic E-state index is -1.14. The molecule has 21 heavy (non-hydrogen) atoms. The molecule has 0 radical (unpaired) electrons. The van der Waals surface area contributed by atoms with Gasteiger partial charge in [0.1, 0.15) is 6.04 Å². The molecule has 1 rings (SSSR count). The summed E-state index contributed by atoms with van der Waals surface area (Å²) in [6, 6.07) is 2.74. The van der Waals surface area contributed by atoms with Crippen LogP contribution in [0.2, 0.25) is 0 Å². The Morgan fingerprint density at radius 1 is 1.38 bits per heavy atom. The SMILES string of the molecule is CC(C)CC(NC(=O)c1cc(Br)cc([N+](=O)[O-])c1)C(=O)O. The number of hydrogen-bond acceptors (Lipinski definition) is 4.